The first kappa shape index (κ1) is 23.9. The number of nitrogens with zero attached hydrogens (tertiary/aromatic N) is 6. The van der Waals surface area contributed by atoms with Crippen LogP contribution in [0.5, 0.6) is 11.5 Å². The second-order valence-electron chi connectivity index (χ2n) is 8.48. The summed E-state index contributed by atoms with van der Waals surface area (Å²) in [6.07, 6.45) is 2.77. The lowest BCUT2D eigenvalue weighted by molar-refractivity contribution is 0.163. The molecule has 0 aliphatic carbocycles. The second kappa shape index (κ2) is 11.3. The van der Waals surface area contributed by atoms with E-state index in [9.17, 15) is 4.39 Å². The Labute approximate surface area is 200 Å². The summed E-state index contributed by atoms with van der Waals surface area (Å²) in [6.45, 7) is 6.07. The zero-order valence-corrected chi connectivity index (χ0v) is 20.2. The van der Waals surface area contributed by atoms with Crippen LogP contribution in [0.2, 0.25) is 0 Å². The van der Waals surface area contributed by atoms with E-state index in [2.05, 4.69) is 32.2 Å². The van der Waals surface area contributed by atoms with Crippen LogP contribution in [0.3, 0.4) is 0 Å². The highest BCUT2D eigenvalue weighted by molar-refractivity contribution is 5.48. The Kier molecular flexibility index (Phi) is 7.95. The minimum absolute atomic E-state index is 0.133. The summed E-state index contributed by atoms with van der Waals surface area (Å²) in [4.78, 5) is 4.55. The van der Waals surface area contributed by atoms with E-state index >= 15 is 0 Å². The van der Waals surface area contributed by atoms with Crippen LogP contribution in [0.1, 0.15) is 37.2 Å². The van der Waals surface area contributed by atoms with E-state index in [0.717, 1.165) is 56.8 Å². The SMILES string of the molecule is CCC[C@H](c1nnnn1CCc1ccc(OC)c(OC)c1)N1CCN(c2ccccc2F)CC1. The molecule has 0 spiro atoms. The number of aromatic nitrogens is 4. The number of aryl methyl sites for hydroxylation is 2. The maximum Gasteiger partial charge on any atom is 0.168 e. The van der Waals surface area contributed by atoms with Crippen LogP contribution in [0.15, 0.2) is 42.5 Å². The molecule has 0 bridgehead atoms. The molecule has 0 unspecified atom stereocenters. The Balaban J connectivity index is 1.44. The van der Waals surface area contributed by atoms with E-state index in [4.69, 9.17) is 9.47 Å². The molecule has 182 valence electrons. The maximum atomic E-state index is 14.2. The van der Waals surface area contributed by atoms with Gasteiger partial charge in [-0.1, -0.05) is 31.5 Å². The zero-order valence-electron chi connectivity index (χ0n) is 20.2. The molecule has 1 aliphatic rings. The summed E-state index contributed by atoms with van der Waals surface area (Å²) < 4.78 is 26.9. The number of para-hydroxylation sites is 1. The number of hydrogen-bond donors (Lipinski definition) is 0. The highest BCUT2D eigenvalue weighted by Gasteiger charge is 2.29. The van der Waals surface area contributed by atoms with Gasteiger partial charge >= 0.3 is 0 Å². The van der Waals surface area contributed by atoms with Gasteiger partial charge in [-0.3, -0.25) is 4.90 Å². The van der Waals surface area contributed by atoms with Gasteiger partial charge < -0.3 is 14.4 Å². The number of anilines is 1. The molecule has 1 aromatic heterocycles. The maximum absolute atomic E-state index is 14.2. The van der Waals surface area contributed by atoms with Gasteiger partial charge in [-0.05, 0) is 53.1 Å². The molecule has 1 fully saturated rings. The lowest BCUT2D eigenvalue weighted by Crippen LogP contribution is -2.48. The van der Waals surface area contributed by atoms with Gasteiger partial charge in [0, 0.05) is 32.7 Å². The normalized spacial score (nSPS) is 15.4. The monoisotopic (exact) mass is 468 g/mol. The molecule has 0 saturated carbocycles. The fourth-order valence-electron chi connectivity index (χ4n) is 4.61. The summed E-state index contributed by atoms with van der Waals surface area (Å²) in [5.74, 6) is 2.15. The molecule has 2 aromatic carbocycles. The quantitative estimate of drug-likeness (QED) is 0.449. The van der Waals surface area contributed by atoms with Gasteiger partial charge in [0.2, 0.25) is 0 Å². The molecule has 4 rings (SSSR count). The first-order chi connectivity index (χ1) is 16.6. The van der Waals surface area contributed by atoms with Crippen LogP contribution in [0.4, 0.5) is 10.1 Å². The number of rotatable bonds is 10. The minimum atomic E-state index is -0.167. The summed E-state index contributed by atoms with van der Waals surface area (Å²) in [6, 6.07) is 13.1. The third kappa shape index (κ3) is 5.30. The van der Waals surface area contributed by atoms with Crippen molar-refractivity contribution in [2.75, 3.05) is 45.3 Å². The van der Waals surface area contributed by atoms with E-state index in [1.165, 1.54) is 6.07 Å². The lowest BCUT2D eigenvalue weighted by atomic mass is 10.1. The predicted molar refractivity (Wildman–Crippen MR) is 129 cm³/mol. The molecule has 9 heteroatoms. The largest absolute Gasteiger partial charge is 0.493 e. The average molecular weight is 469 g/mol. The molecule has 34 heavy (non-hydrogen) atoms. The standard InChI is InChI=1S/C25H33FN6O2/c1-4-7-22(31-16-14-30(15-17-31)21-9-6-5-8-20(21)26)25-27-28-29-32(25)13-12-19-10-11-23(33-2)24(18-19)34-3/h5-6,8-11,18,22H,4,7,12-17H2,1-3H3/t22-/m1/s1. The number of methoxy groups -OCH3 is 2. The van der Waals surface area contributed by atoms with E-state index < -0.39 is 0 Å². The van der Waals surface area contributed by atoms with E-state index in [-0.39, 0.29) is 11.9 Å². The number of piperazine rings is 1. The van der Waals surface area contributed by atoms with Crippen LogP contribution in [0.25, 0.3) is 0 Å². The Bertz CT molecular complexity index is 1070. The van der Waals surface area contributed by atoms with Crippen molar-refractivity contribution in [3.63, 3.8) is 0 Å². The molecule has 0 amide bonds. The Hall–Kier alpha value is -3.20. The molecular formula is C25H33FN6O2. The highest BCUT2D eigenvalue weighted by atomic mass is 19.1. The summed E-state index contributed by atoms with van der Waals surface area (Å²) >= 11 is 0. The van der Waals surface area contributed by atoms with Crippen LogP contribution in [-0.2, 0) is 13.0 Å². The smallest absolute Gasteiger partial charge is 0.168 e. The van der Waals surface area contributed by atoms with Crippen molar-refractivity contribution in [1.82, 2.24) is 25.1 Å². The fraction of sp³-hybridized carbons (Fsp3) is 0.480. The molecule has 1 saturated heterocycles. The Morgan fingerprint density at radius 2 is 1.76 bits per heavy atom. The first-order valence-corrected chi connectivity index (χ1v) is 11.8. The van der Waals surface area contributed by atoms with Crippen molar-refractivity contribution < 1.29 is 13.9 Å². The fourth-order valence-corrected chi connectivity index (χ4v) is 4.61. The van der Waals surface area contributed by atoms with Gasteiger partial charge in [0.25, 0.3) is 0 Å². The molecule has 1 aliphatic heterocycles. The predicted octanol–water partition coefficient (Wildman–Crippen LogP) is 3.74. The Morgan fingerprint density at radius 1 is 1.00 bits per heavy atom. The van der Waals surface area contributed by atoms with Crippen molar-refractivity contribution in [2.24, 2.45) is 0 Å². The topological polar surface area (TPSA) is 68.5 Å². The number of ether oxygens (including phenoxy) is 2. The van der Waals surface area contributed by atoms with Gasteiger partial charge in [0.1, 0.15) is 5.82 Å². The summed E-state index contributed by atoms with van der Waals surface area (Å²) in [7, 11) is 3.28. The van der Waals surface area contributed by atoms with Crippen LogP contribution >= 0.6 is 0 Å². The van der Waals surface area contributed by atoms with Crippen molar-refractivity contribution in [3.05, 3.63) is 59.7 Å². The van der Waals surface area contributed by atoms with Crippen LogP contribution in [0, 0.1) is 5.82 Å². The number of tetrazole rings is 1. The lowest BCUT2D eigenvalue weighted by Gasteiger charge is -2.39. The Morgan fingerprint density at radius 3 is 2.47 bits per heavy atom. The minimum Gasteiger partial charge on any atom is -0.493 e. The number of hydrogen-bond acceptors (Lipinski definition) is 7. The number of halogens is 1. The molecule has 2 heterocycles. The summed E-state index contributed by atoms with van der Waals surface area (Å²) in [5, 5.41) is 12.7. The number of benzene rings is 2. The molecule has 3 aromatic rings. The third-order valence-corrected chi connectivity index (χ3v) is 6.43. The molecular weight excluding hydrogens is 435 g/mol. The van der Waals surface area contributed by atoms with E-state index in [1.807, 2.05) is 35.0 Å². The average Bonchev–Trinajstić information content (AvgIpc) is 3.34. The highest BCUT2D eigenvalue weighted by Crippen LogP contribution is 2.29. The molecule has 8 nitrogen and oxygen atoms in total. The third-order valence-electron chi connectivity index (χ3n) is 6.43. The first-order valence-electron chi connectivity index (χ1n) is 11.8. The van der Waals surface area contributed by atoms with Crippen molar-refractivity contribution in [1.29, 1.82) is 0 Å². The van der Waals surface area contributed by atoms with Crippen molar-refractivity contribution in [3.8, 4) is 11.5 Å². The summed E-state index contributed by atoms with van der Waals surface area (Å²) in [5.41, 5.74) is 1.80. The van der Waals surface area contributed by atoms with Crippen LogP contribution in [-0.4, -0.2) is 65.5 Å². The second-order valence-corrected chi connectivity index (χ2v) is 8.48. The van der Waals surface area contributed by atoms with E-state index in [1.54, 1.807) is 20.3 Å². The van der Waals surface area contributed by atoms with Gasteiger partial charge in [-0.25, -0.2) is 9.07 Å². The van der Waals surface area contributed by atoms with Gasteiger partial charge in [0.05, 0.1) is 25.9 Å². The molecule has 0 radical (unpaired) electrons. The van der Waals surface area contributed by atoms with Crippen molar-refractivity contribution >= 4 is 5.69 Å². The van der Waals surface area contributed by atoms with Crippen LogP contribution < -0.4 is 14.4 Å². The zero-order chi connectivity index (χ0) is 23.9. The van der Waals surface area contributed by atoms with Gasteiger partial charge in [-0.15, -0.1) is 5.10 Å². The molecule has 1 atom stereocenters. The van der Waals surface area contributed by atoms with Crippen molar-refractivity contribution in [2.45, 2.75) is 38.8 Å². The van der Waals surface area contributed by atoms with Gasteiger partial charge in [-0.2, -0.15) is 0 Å². The van der Waals surface area contributed by atoms with Gasteiger partial charge in [0.15, 0.2) is 17.3 Å². The molecule has 0 N–H and O–H groups in total. The van der Waals surface area contributed by atoms with E-state index in [0.29, 0.717) is 23.7 Å².